The molecule has 2 aliphatic heterocycles. The van der Waals surface area contributed by atoms with Crippen molar-refractivity contribution in [2.75, 3.05) is 21.3 Å². The number of carboxylic acids is 2. The second-order valence-electron chi connectivity index (χ2n) is 9.52. The normalized spacial score (nSPS) is 34.5. The predicted octanol–water partition coefficient (Wildman–Crippen LogP) is -3.42. The fourth-order valence-electron chi connectivity index (χ4n) is 4.61. The maximum Gasteiger partial charge on any atom is 0.335 e. The largest absolute Gasteiger partial charge is 0.504 e. The Hall–Kier alpha value is -3.13. The minimum absolute atomic E-state index is 0.232. The van der Waals surface area contributed by atoms with Crippen LogP contribution in [0, 0.1) is 0 Å². The van der Waals surface area contributed by atoms with Gasteiger partial charge in [0.15, 0.2) is 36.3 Å². The van der Waals surface area contributed by atoms with Crippen LogP contribution in [0.25, 0.3) is 0 Å². The molecular formula is C24H33NO16. The molecule has 2 aliphatic rings. The Kier molecular flexibility index (Phi) is 10.5. The molecular weight excluding hydrogens is 558 g/mol. The first-order valence-electron chi connectivity index (χ1n) is 12.2. The van der Waals surface area contributed by atoms with Crippen LogP contribution in [0.3, 0.4) is 0 Å². The smallest absolute Gasteiger partial charge is 0.335 e. The monoisotopic (exact) mass is 591 g/mol. The molecule has 2 saturated heterocycles. The molecule has 0 aromatic heterocycles. The Balaban J connectivity index is 1.91. The standard InChI is InChI=1S/C24H33NO16/c1-25(9(21(33)34)6-8-4-5-10(26)11(27)7-8)20(32)18-17(13(29)14(30)23(38-3)40-18)39-24-15(31)12(28)16(37-2)19(41-24)22(35)36/h4-5,7,9,12-19,23-24,26-31H,6H2,1-3H3,(H,33,34)(H,35,36)/t9?,12?,13?,14?,15?,16?,17?,18-,19?,23-,24?/m1/s1. The van der Waals surface area contributed by atoms with E-state index in [4.69, 9.17) is 23.7 Å². The van der Waals surface area contributed by atoms with Crippen molar-refractivity contribution in [3.05, 3.63) is 23.8 Å². The van der Waals surface area contributed by atoms with E-state index in [9.17, 15) is 55.2 Å². The fourth-order valence-corrected chi connectivity index (χ4v) is 4.61. The molecule has 41 heavy (non-hydrogen) atoms. The summed E-state index contributed by atoms with van der Waals surface area (Å²) in [5.74, 6) is -5.14. The van der Waals surface area contributed by atoms with Gasteiger partial charge < -0.3 is 69.4 Å². The second kappa shape index (κ2) is 13.2. The van der Waals surface area contributed by atoms with Gasteiger partial charge in [0.1, 0.15) is 42.7 Å². The van der Waals surface area contributed by atoms with Crippen molar-refractivity contribution in [3.8, 4) is 11.5 Å². The van der Waals surface area contributed by atoms with Crippen molar-refractivity contribution in [1.29, 1.82) is 0 Å². The summed E-state index contributed by atoms with van der Waals surface area (Å²) in [6.07, 6.45) is -18.7. The van der Waals surface area contributed by atoms with E-state index in [1.54, 1.807) is 0 Å². The zero-order valence-corrected chi connectivity index (χ0v) is 22.1. The Morgan fingerprint density at radius 3 is 1.98 bits per heavy atom. The van der Waals surface area contributed by atoms with Crippen LogP contribution in [0.5, 0.6) is 11.5 Å². The topological polar surface area (TPSA) is 262 Å². The van der Waals surface area contributed by atoms with Crippen molar-refractivity contribution < 1.29 is 78.9 Å². The minimum Gasteiger partial charge on any atom is -0.504 e. The molecule has 0 spiro atoms. The number of likely N-dealkylation sites (N-methyl/N-ethyl adjacent to an activating group) is 1. The summed E-state index contributed by atoms with van der Waals surface area (Å²) in [7, 11) is 3.27. The number of benzene rings is 1. The van der Waals surface area contributed by atoms with Crippen LogP contribution >= 0.6 is 0 Å². The number of carboxylic acid groups (broad SMARTS) is 2. The van der Waals surface area contributed by atoms with Gasteiger partial charge in [-0.25, -0.2) is 9.59 Å². The quantitative estimate of drug-likeness (QED) is 0.123. The number of ether oxygens (including phenoxy) is 5. The van der Waals surface area contributed by atoms with Gasteiger partial charge in [0.25, 0.3) is 5.91 Å². The highest BCUT2D eigenvalue weighted by atomic mass is 16.7. The lowest BCUT2D eigenvalue weighted by molar-refractivity contribution is -0.348. The van der Waals surface area contributed by atoms with E-state index >= 15 is 0 Å². The number of carbonyl (C=O) groups excluding carboxylic acids is 1. The van der Waals surface area contributed by atoms with E-state index in [1.165, 1.54) is 6.07 Å². The van der Waals surface area contributed by atoms with Gasteiger partial charge in [-0.05, 0) is 17.7 Å². The van der Waals surface area contributed by atoms with Crippen molar-refractivity contribution in [2.24, 2.45) is 0 Å². The van der Waals surface area contributed by atoms with Crippen LogP contribution in [0.15, 0.2) is 18.2 Å². The van der Waals surface area contributed by atoms with Crippen LogP contribution in [0.2, 0.25) is 0 Å². The summed E-state index contributed by atoms with van der Waals surface area (Å²) in [5.41, 5.74) is 0.232. The average Bonchev–Trinajstić information content (AvgIpc) is 2.93. The molecule has 2 heterocycles. The molecule has 11 atom stereocenters. The highest BCUT2D eigenvalue weighted by Crippen LogP contribution is 2.32. The first kappa shape index (κ1) is 32.4. The summed E-state index contributed by atoms with van der Waals surface area (Å²) < 4.78 is 26.2. The third-order valence-corrected chi connectivity index (χ3v) is 6.94. The van der Waals surface area contributed by atoms with Crippen LogP contribution in [0.1, 0.15) is 5.56 Å². The number of carbonyl (C=O) groups is 3. The van der Waals surface area contributed by atoms with E-state index < -0.39 is 96.8 Å². The number of amides is 1. The van der Waals surface area contributed by atoms with Crippen molar-refractivity contribution >= 4 is 17.8 Å². The lowest BCUT2D eigenvalue weighted by Crippen LogP contribution is -2.67. The molecule has 1 amide bonds. The molecule has 17 nitrogen and oxygen atoms in total. The van der Waals surface area contributed by atoms with Crippen molar-refractivity contribution in [2.45, 2.75) is 73.9 Å². The molecule has 1 aromatic carbocycles. The fraction of sp³-hybridized carbons (Fsp3) is 0.625. The molecule has 0 saturated carbocycles. The number of phenols is 2. The average molecular weight is 592 g/mol. The molecule has 230 valence electrons. The number of aliphatic hydroxyl groups excluding tert-OH is 4. The van der Waals surface area contributed by atoms with E-state index in [2.05, 4.69) is 0 Å². The van der Waals surface area contributed by atoms with Gasteiger partial charge in [0.05, 0.1) is 0 Å². The number of rotatable bonds is 10. The SMILES string of the molecule is COC1C(C(=O)O)OC(OC2C(O)C(O)[C@H](OC)O[C@H]2C(=O)N(C)C(Cc2ccc(O)c(O)c2)C(=O)O)C(O)C1O. The zero-order valence-electron chi connectivity index (χ0n) is 22.1. The van der Waals surface area contributed by atoms with Crippen LogP contribution in [-0.4, -0.2) is 152 Å². The number of nitrogens with zero attached hydrogens (tertiary/aromatic N) is 1. The molecule has 0 radical (unpaired) electrons. The van der Waals surface area contributed by atoms with Gasteiger partial charge in [-0.3, -0.25) is 4.79 Å². The number of phenolic OH excluding ortho intramolecular Hbond substituents is 2. The molecule has 0 aliphatic carbocycles. The molecule has 0 bridgehead atoms. The summed E-state index contributed by atoms with van der Waals surface area (Å²) in [6.45, 7) is 0. The first-order chi connectivity index (χ1) is 19.2. The minimum atomic E-state index is -1.98. The van der Waals surface area contributed by atoms with E-state index in [-0.39, 0.29) is 12.0 Å². The third-order valence-electron chi connectivity index (χ3n) is 6.94. The third kappa shape index (κ3) is 6.69. The Morgan fingerprint density at radius 1 is 0.854 bits per heavy atom. The van der Waals surface area contributed by atoms with E-state index in [0.29, 0.717) is 0 Å². The van der Waals surface area contributed by atoms with Crippen molar-refractivity contribution in [1.82, 2.24) is 4.90 Å². The molecule has 1 aromatic rings. The highest BCUT2D eigenvalue weighted by Gasteiger charge is 2.54. The second-order valence-corrected chi connectivity index (χ2v) is 9.52. The number of hydrogen-bond donors (Lipinski definition) is 8. The van der Waals surface area contributed by atoms with Crippen LogP contribution < -0.4 is 0 Å². The zero-order chi connectivity index (χ0) is 30.8. The lowest BCUT2D eigenvalue weighted by atomic mass is 9.95. The maximum atomic E-state index is 13.6. The van der Waals surface area contributed by atoms with Crippen LogP contribution in [-0.2, 0) is 44.5 Å². The van der Waals surface area contributed by atoms with Gasteiger partial charge in [-0.2, -0.15) is 0 Å². The molecule has 3 rings (SSSR count). The molecule has 17 heteroatoms. The van der Waals surface area contributed by atoms with E-state index in [1.807, 2.05) is 0 Å². The molecule has 8 N–H and O–H groups in total. The summed E-state index contributed by atoms with van der Waals surface area (Å²) in [5, 5.41) is 80.8. The Labute approximate surface area is 232 Å². The Morgan fingerprint density at radius 2 is 1.44 bits per heavy atom. The Bertz CT molecular complexity index is 1100. The number of hydrogen-bond acceptors (Lipinski definition) is 14. The molecule has 9 unspecified atom stereocenters. The van der Waals surface area contributed by atoms with Gasteiger partial charge in [-0.15, -0.1) is 0 Å². The van der Waals surface area contributed by atoms with Gasteiger partial charge in [0.2, 0.25) is 0 Å². The number of aromatic hydroxyl groups is 2. The summed E-state index contributed by atoms with van der Waals surface area (Å²) in [6, 6.07) is 1.97. The van der Waals surface area contributed by atoms with Crippen LogP contribution in [0.4, 0.5) is 0 Å². The van der Waals surface area contributed by atoms with Gasteiger partial charge in [0, 0.05) is 27.7 Å². The molecule has 2 fully saturated rings. The van der Waals surface area contributed by atoms with Gasteiger partial charge in [-0.1, -0.05) is 6.07 Å². The lowest BCUT2D eigenvalue weighted by Gasteiger charge is -2.46. The summed E-state index contributed by atoms with van der Waals surface area (Å²) >= 11 is 0. The highest BCUT2D eigenvalue weighted by molar-refractivity contribution is 5.87. The van der Waals surface area contributed by atoms with Gasteiger partial charge >= 0.3 is 11.9 Å². The van der Waals surface area contributed by atoms with Crippen molar-refractivity contribution in [3.63, 3.8) is 0 Å². The predicted molar refractivity (Wildman–Crippen MR) is 129 cm³/mol. The maximum absolute atomic E-state index is 13.6. The number of aliphatic hydroxyl groups is 4. The summed E-state index contributed by atoms with van der Waals surface area (Å²) in [4.78, 5) is 38.1. The number of methoxy groups -OCH3 is 2. The first-order valence-corrected chi connectivity index (χ1v) is 12.2. The van der Waals surface area contributed by atoms with E-state index in [0.717, 1.165) is 38.3 Å². The number of aliphatic carboxylic acids is 2.